The first kappa shape index (κ1) is 25.6. The van der Waals surface area contributed by atoms with Gasteiger partial charge < -0.3 is 4.74 Å². The lowest BCUT2D eigenvalue weighted by molar-refractivity contribution is 0.289. The summed E-state index contributed by atoms with van der Waals surface area (Å²) < 4.78 is 20.2. The van der Waals surface area contributed by atoms with Crippen LogP contribution in [0.2, 0.25) is 0 Å². The molecular formula is C29H43FN2O. The summed E-state index contributed by atoms with van der Waals surface area (Å²) >= 11 is 0. The minimum Gasteiger partial charge on any atom is -0.491 e. The summed E-state index contributed by atoms with van der Waals surface area (Å²) in [6, 6.07) is 5.04. The van der Waals surface area contributed by atoms with E-state index in [1.54, 1.807) is 6.07 Å². The molecule has 1 fully saturated rings. The van der Waals surface area contributed by atoms with Crippen LogP contribution in [0.15, 0.2) is 30.6 Å². The van der Waals surface area contributed by atoms with Crippen LogP contribution in [0.5, 0.6) is 5.75 Å². The third kappa shape index (κ3) is 9.43. The fourth-order valence-electron chi connectivity index (χ4n) is 4.87. The normalized spacial score (nSPS) is 14.1. The van der Waals surface area contributed by atoms with Crippen LogP contribution >= 0.6 is 0 Å². The molecule has 1 aromatic heterocycles. The summed E-state index contributed by atoms with van der Waals surface area (Å²) in [5.74, 6) is 1.55. The topological polar surface area (TPSA) is 35.0 Å². The minimum atomic E-state index is -0.340. The van der Waals surface area contributed by atoms with Crippen molar-refractivity contribution in [3.8, 4) is 17.1 Å². The van der Waals surface area contributed by atoms with E-state index in [2.05, 4.69) is 16.9 Å². The number of halogens is 1. The first-order valence-corrected chi connectivity index (χ1v) is 13.5. The van der Waals surface area contributed by atoms with Crippen molar-refractivity contribution in [1.29, 1.82) is 0 Å². The van der Waals surface area contributed by atoms with Gasteiger partial charge in [0, 0.05) is 18.0 Å². The van der Waals surface area contributed by atoms with Gasteiger partial charge in [0.05, 0.1) is 6.61 Å². The van der Waals surface area contributed by atoms with Crippen molar-refractivity contribution < 1.29 is 9.13 Å². The van der Waals surface area contributed by atoms with Gasteiger partial charge in [-0.15, -0.1) is 0 Å². The molecule has 0 amide bonds. The van der Waals surface area contributed by atoms with Gasteiger partial charge in [-0.05, 0) is 48.9 Å². The standard InChI is InChI=1S/C29H43FN2O/c1-2-3-4-6-10-17-25-22-31-29(32-23-25)26-18-19-28(27(30)21-26)33-20-13-8-5-7-9-14-24-15-11-12-16-24/h18-19,21-24H,2-17,20H2,1H3. The molecule has 1 heterocycles. The lowest BCUT2D eigenvalue weighted by atomic mass is 9.99. The molecule has 0 saturated heterocycles. The van der Waals surface area contributed by atoms with Gasteiger partial charge in [0.25, 0.3) is 0 Å². The van der Waals surface area contributed by atoms with Crippen LogP contribution < -0.4 is 4.74 Å². The Morgan fingerprint density at radius 1 is 0.879 bits per heavy atom. The van der Waals surface area contributed by atoms with Gasteiger partial charge >= 0.3 is 0 Å². The molecule has 182 valence electrons. The second-order valence-electron chi connectivity index (χ2n) is 9.78. The monoisotopic (exact) mass is 454 g/mol. The molecule has 3 nitrogen and oxygen atoms in total. The molecule has 1 saturated carbocycles. The molecule has 0 atom stereocenters. The maximum Gasteiger partial charge on any atom is 0.165 e. The van der Waals surface area contributed by atoms with Crippen molar-refractivity contribution in [2.75, 3.05) is 6.61 Å². The van der Waals surface area contributed by atoms with Crippen LogP contribution in [0.1, 0.15) is 109 Å². The SMILES string of the molecule is CCCCCCCc1cnc(-c2ccc(OCCCCCCCC3CCCC3)c(F)c2)nc1. The van der Waals surface area contributed by atoms with Gasteiger partial charge in [-0.2, -0.15) is 0 Å². The van der Waals surface area contributed by atoms with Crippen molar-refractivity contribution in [1.82, 2.24) is 9.97 Å². The molecule has 4 heteroatoms. The van der Waals surface area contributed by atoms with Crippen LogP contribution in [0.3, 0.4) is 0 Å². The number of aryl methyl sites for hydroxylation is 1. The molecule has 0 bridgehead atoms. The van der Waals surface area contributed by atoms with Crippen molar-refractivity contribution in [2.24, 2.45) is 5.92 Å². The zero-order valence-corrected chi connectivity index (χ0v) is 20.7. The minimum absolute atomic E-state index is 0.323. The molecule has 0 unspecified atom stereocenters. The van der Waals surface area contributed by atoms with Crippen LogP contribution in [-0.2, 0) is 6.42 Å². The maximum absolute atomic E-state index is 14.5. The summed E-state index contributed by atoms with van der Waals surface area (Å²) in [5.41, 5.74) is 1.84. The van der Waals surface area contributed by atoms with Gasteiger partial charge in [0.15, 0.2) is 17.4 Å². The van der Waals surface area contributed by atoms with Gasteiger partial charge in [0.1, 0.15) is 0 Å². The van der Waals surface area contributed by atoms with Gasteiger partial charge in [-0.3, -0.25) is 0 Å². The fraction of sp³-hybridized carbons (Fsp3) is 0.655. The van der Waals surface area contributed by atoms with Crippen LogP contribution in [0.25, 0.3) is 11.4 Å². The Kier molecular flexibility index (Phi) is 11.7. The van der Waals surface area contributed by atoms with E-state index in [9.17, 15) is 4.39 Å². The summed E-state index contributed by atoms with van der Waals surface area (Å²) in [6.45, 7) is 2.80. The zero-order valence-electron chi connectivity index (χ0n) is 20.7. The number of nitrogens with zero attached hydrogens (tertiary/aromatic N) is 2. The van der Waals surface area contributed by atoms with Gasteiger partial charge in [0.2, 0.25) is 0 Å². The number of aromatic nitrogens is 2. The van der Waals surface area contributed by atoms with Crippen molar-refractivity contribution in [3.63, 3.8) is 0 Å². The molecule has 2 aromatic rings. The molecule has 0 aliphatic heterocycles. The Balaban J connectivity index is 1.32. The van der Waals surface area contributed by atoms with Crippen molar-refractivity contribution in [2.45, 2.75) is 110 Å². The van der Waals surface area contributed by atoms with E-state index in [1.165, 1.54) is 89.5 Å². The highest BCUT2D eigenvalue weighted by Gasteiger charge is 2.14. The summed E-state index contributed by atoms with van der Waals surface area (Å²) in [4.78, 5) is 8.90. The average molecular weight is 455 g/mol. The fourth-order valence-corrected chi connectivity index (χ4v) is 4.87. The zero-order chi connectivity index (χ0) is 23.1. The first-order chi connectivity index (χ1) is 16.3. The lowest BCUT2D eigenvalue weighted by Gasteiger charge is -2.10. The highest BCUT2D eigenvalue weighted by Crippen LogP contribution is 2.29. The molecule has 0 radical (unpaired) electrons. The van der Waals surface area contributed by atoms with Crippen LogP contribution in [0.4, 0.5) is 4.39 Å². The van der Waals surface area contributed by atoms with E-state index in [0.717, 1.165) is 30.7 Å². The quantitative estimate of drug-likeness (QED) is 0.238. The number of unbranched alkanes of at least 4 members (excludes halogenated alkanes) is 8. The Bertz CT molecular complexity index is 787. The van der Waals surface area contributed by atoms with E-state index in [0.29, 0.717) is 23.7 Å². The second kappa shape index (κ2) is 15.0. The molecule has 3 rings (SSSR count). The number of benzene rings is 1. The third-order valence-corrected chi connectivity index (χ3v) is 6.95. The van der Waals surface area contributed by atoms with E-state index in [-0.39, 0.29) is 5.82 Å². The number of ether oxygens (including phenoxy) is 1. The smallest absolute Gasteiger partial charge is 0.165 e. The number of hydrogen-bond acceptors (Lipinski definition) is 3. The highest BCUT2D eigenvalue weighted by molar-refractivity contribution is 5.56. The molecule has 1 aromatic carbocycles. The summed E-state index contributed by atoms with van der Waals surface area (Å²) in [6.07, 6.45) is 24.3. The number of hydrogen-bond donors (Lipinski definition) is 0. The predicted molar refractivity (Wildman–Crippen MR) is 135 cm³/mol. The van der Waals surface area contributed by atoms with E-state index < -0.39 is 0 Å². The average Bonchev–Trinajstić information content (AvgIpc) is 3.35. The van der Waals surface area contributed by atoms with Crippen molar-refractivity contribution >= 4 is 0 Å². The van der Waals surface area contributed by atoms with E-state index >= 15 is 0 Å². The Morgan fingerprint density at radius 2 is 1.58 bits per heavy atom. The first-order valence-electron chi connectivity index (χ1n) is 13.5. The Labute approximate surface area is 200 Å². The van der Waals surface area contributed by atoms with Gasteiger partial charge in [-0.1, -0.05) is 90.4 Å². The van der Waals surface area contributed by atoms with Crippen LogP contribution in [0, 0.1) is 11.7 Å². The second-order valence-corrected chi connectivity index (χ2v) is 9.78. The molecule has 1 aliphatic rings. The molecule has 0 spiro atoms. The summed E-state index contributed by atoms with van der Waals surface area (Å²) in [7, 11) is 0. The van der Waals surface area contributed by atoms with E-state index in [4.69, 9.17) is 4.74 Å². The third-order valence-electron chi connectivity index (χ3n) is 6.95. The maximum atomic E-state index is 14.5. The van der Waals surface area contributed by atoms with Crippen molar-refractivity contribution in [3.05, 3.63) is 42.0 Å². The molecule has 33 heavy (non-hydrogen) atoms. The lowest BCUT2D eigenvalue weighted by Crippen LogP contribution is -2.00. The Morgan fingerprint density at radius 3 is 2.33 bits per heavy atom. The summed E-state index contributed by atoms with van der Waals surface area (Å²) in [5, 5.41) is 0. The largest absolute Gasteiger partial charge is 0.491 e. The van der Waals surface area contributed by atoms with Gasteiger partial charge in [-0.25, -0.2) is 14.4 Å². The molecular weight excluding hydrogens is 411 g/mol. The Hall–Kier alpha value is -1.97. The van der Waals surface area contributed by atoms with Crippen LogP contribution in [-0.4, -0.2) is 16.6 Å². The number of rotatable bonds is 16. The molecule has 1 aliphatic carbocycles. The molecule has 0 N–H and O–H groups in total. The highest BCUT2D eigenvalue weighted by atomic mass is 19.1. The predicted octanol–water partition coefficient (Wildman–Crippen LogP) is 8.71. The van der Waals surface area contributed by atoms with E-state index in [1.807, 2.05) is 18.5 Å².